The Balaban J connectivity index is 4.32. The van der Waals surface area contributed by atoms with Gasteiger partial charge in [0.15, 0.2) is 6.10 Å². The van der Waals surface area contributed by atoms with Gasteiger partial charge < -0.3 is 34.2 Å². The lowest BCUT2D eigenvalue weighted by Crippen LogP contribution is -2.30. The summed E-state index contributed by atoms with van der Waals surface area (Å²) in [6.07, 6.45) is 78.6. The molecule has 0 aliphatic carbocycles. The number of carbonyl (C=O) groups is 3. The molecule has 0 saturated carbocycles. The Morgan fingerprint density at radius 2 is 0.546 bits per heavy atom. The number of rotatable bonds is 76. The summed E-state index contributed by atoms with van der Waals surface area (Å²) in [6.45, 7) is 2.64. The molecule has 0 aromatic heterocycles. The van der Waals surface area contributed by atoms with Crippen molar-refractivity contribution in [1.29, 1.82) is 0 Å². The van der Waals surface area contributed by atoms with Gasteiger partial charge in [-0.2, -0.15) is 0 Å². The van der Waals surface area contributed by atoms with Crippen LogP contribution in [-0.2, 0) is 55.8 Å². The SMILES string of the molecule is CC/C=C\C/C=C\C/C=C\C/C=C\C/C=C\CCCCCCCCCCCCCCCCCCCC(=O)OCC(O)COP(=O)(O)OCC(O)COP(=O)(O)OCC(COC(=O)CCCCCCCCCCCCCCCCC)OC(=O)CCCCCCCCCCCCCCC. The van der Waals surface area contributed by atoms with E-state index in [1.54, 1.807) is 0 Å². The topological polar surface area (TPSA) is 231 Å². The molecule has 5 unspecified atom stereocenters. The normalized spacial score (nSPS) is 14.3. The standard InChI is InChI=1S/C79H146O16P2/c1-4-7-10-13-16-19-22-25-27-28-29-30-31-32-33-34-35-36-37-38-39-40-41-42-43-44-46-49-50-53-56-59-62-65-77(82)89-68-74(80)69-91-96(85,86)92-70-75(81)71-93-97(87,88)94-73-76(95-79(84)67-64-61-58-55-52-47-24-21-18-15-12-9-6-3)72-90-78(83)66-63-60-57-54-51-48-45-26-23-20-17-14-11-8-5-2/h7,10,16,19,25,27,29-30,32-33,74-76,80-81H,4-6,8-9,11-15,17-18,20-24,26,28,31,34-73H2,1-3H3,(H,85,86)(H,87,88)/b10-7-,19-16-,27-25-,30-29-,33-32-. The molecule has 0 bridgehead atoms. The summed E-state index contributed by atoms with van der Waals surface area (Å²) in [5.74, 6) is -1.54. The van der Waals surface area contributed by atoms with Crippen molar-refractivity contribution in [2.45, 2.75) is 386 Å². The van der Waals surface area contributed by atoms with E-state index in [9.17, 15) is 43.5 Å². The molecular weight excluding hydrogens is 1270 g/mol. The average molecular weight is 1410 g/mol. The molecule has 0 heterocycles. The summed E-state index contributed by atoms with van der Waals surface area (Å²) < 4.78 is 61.1. The second-order valence-corrected chi connectivity index (χ2v) is 29.8. The van der Waals surface area contributed by atoms with E-state index in [1.165, 1.54) is 212 Å². The predicted molar refractivity (Wildman–Crippen MR) is 399 cm³/mol. The molecule has 18 heteroatoms. The smallest absolute Gasteiger partial charge is 0.463 e. The van der Waals surface area contributed by atoms with E-state index in [4.69, 9.17) is 32.3 Å². The van der Waals surface area contributed by atoms with E-state index in [0.717, 1.165) is 96.3 Å². The number of phosphoric ester groups is 2. The molecule has 0 aromatic carbocycles. The van der Waals surface area contributed by atoms with Crippen molar-refractivity contribution >= 4 is 33.6 Å². The maximum absolute atomic E-state index is 12.9. The number of hydrogen-bond acceptors (Lipinski definition) is 14. The Morgan fingerprint density at radius 3 is 0.866 bits per heavy atom. The molecule has 568 valence electrons. The number of ether oxygens (including phenoxy) is 3. The molecule has 16 nitrogen and oxygen atoms in total. The van der Waals surface area contributed by atoms with Crippen molar-refractivity contribution in [3.8, 4) is 0 Å². The van der Waals surface area contributed by atoms with Crippen LogP contribution in [0.15, 0.2) is 60.8 Å². The van der Waals surface area contributed by atoms with Gasteiger partial charge in [-0.25, -0.2) is 9.13 Å². The van der Waals surface area contributed by atoms with Gasteiger partial charge in [-0.3, -0.25) is 32.5 Å². The van der Waals surface area contributed by atoms with Crippen molar-refractivity contribution in [3.63, 3.8) is 0 Å². The summed E-state index contributed by atoms with van der Waals surface area (Å²) in [4.78, 5) is 58.5. The first-order valence-corrected chi connectivity index (χ1v) is 42.6. The fraction of sp³-hybridized carbons (Fsp3) is 0.835. The number of esters is 3. The monoisotopic (exact) mass is 1410 g/mol. The molecule has 5 atom stereocenters. The second kappa shape index (κ2) is 73.0. The molecular formula is C79H146O16P2. The van der Waals surface area contributed by atoms with Crippen LogP contribution in [0.4, 0.5) is 0 Å². The van der Waals surface area contributed by atoms with Crippen molar-refractivity contribution in [3.05, 3.63) is 60.8 Å². The van der Waals surface area contributed by atoms with Crippen LogP contribution < -0.4 is 0 Å². The van der Waals surface area contributed by atoms with Crippen LogP contribution in [0.25, 0.3) is 0 Å². The molecule has 97 heavy (non-hydrogen) atoms. The summed E-state index contributed by atoms with van der Waals surface area (Å²) >= 11 is 0. The van der Waals surface area contributed by atoms with Gasteiger partial charge in [0.1, 0.15) is 25.4 Å². The molecule has 0 amide bonds. The third kappa shape index (κ3) is 74.3. The summed E-state index contributed by atoms with van der Waals surface area (Å²) in [7, 11) is -9.76. The summed E-state index contributed by atoms with van der Waals surface area (Å²) in [6, 6.07) is 0. The van der Waals surface area contributed by atoms with Crippen LogP contribution in [-0.4, -0.2) is 95.9 Å². The number of allylic oxidation sites excluding steroid dienone is 10. The third-order valence-corrected chi connectivity index (χ3v) is 19.2. The van der Waals surface area contributed by atoms with Crippen LogP contribution in [0.3, 0.4) is 0 Å². The molecule has 0 fully saturated rings. The zero-order chi connectivity index (χ0) is 70.9. The number of phosphoric acid groups is 2. The minimum absolute atomic E-state index is 0.114. The van der Waals surface area contributed by atoms with Gasteiger partial charge in [-0.1, -0.05) is 345 Å². The Morgan fingerprint density at radius 1 is 0.299 bits per heavy atom. The highest BCUT2D eigenvalue weighted by Gasteiger charge is 2.29. The van der Waals surface area contributed by atoms with Crippen molar-refractivity contribution in [2.75, 3.05) is 39.6 Å². The number of aliphatic hydroxyl groups is 2. The van der Waals surface area contributed by atoms with Crippen LogP contribution in [0, 0.1) is 0 Å². The fourth-order valence-corrected chi connectivity index (χ4v) is 12.8. The van der Waals surface area contributed by atoms with Crippen LogP contribution in [0.2, 0.25) is 0 Å². The predicted octanol–water partition coefficient (Wildman–Crippen LogP) is 22.9. The zero-order valence-corrected chi connectivity index (χ0v) is 63.8. The average Bonchev–Trinajstić information content (AvgIpc) is 1.49. The van der Waals surface area contributed by atoms with E-state index in [0.29, 0.717) is 19.3 Å². The number of unbranched alkanes of at least 4 members (excludes halogenated alkanes) is 43. The van der Waals surface area contributed by atoms with Gasteiger partial charge in [-0.05, 0) is 64.2 Å². The van der Waals surface area contributed by atoms with E-state index in [2.05, 4.69) is 81.5 Å². The van der Waals surface area contributed by atoms with Gasteiger partial charge >= 0.3 is 33.6 Å². The first kappa shape index (κ1) is 94.2. The van der Waals surface area contributed by atoms with Gasteiger partial charge in [0, 0.05) is 19.3 Å². The first-order chi connectivity index (χ1) is 47.2. The molecule has 0 aliphatic heterocycles. The lowest BCUT2D eigenvalue weighted by atomic mass is 10.0. The maximum atomic E-state index is 12.9. The highest BCUT2D eigenvalue weighted by molar-refractivity contribution is 7.47. The zero-order valence-electron chi connectivity index (χ0n) is 62.0. The van der Waals surface area contributed by atoms with E-state index in [1.807, 2.05) is 0 Å². The van der Waals surface area contributed by atoms with E-state index in [-0.39, 0.29) is 19.3 Å². The number of aliphatic hydroxyl groups excluding tert-OH is 2. The highest BCUT2D eigenvalue weighted by atomic mass is 31.2. The molecule has 0 aromatic rings. The lowest BCUT2D eigenvalue weighted by molar-refractivity contribution is -0.161. The molecule has 0 rings (SSSR count). The summed E-state index contributed by atoms with van der Waals surface area (Å²) in [5, 5.41) is 20.6. The van der Waals surface area contributed by atoms with Gasteiger partial charge in [-0.15, -0.1) is 0 Å². The summed E-state index contributed by atoms with van der Waals surface area (Å²) in [5.41, 5.74) is 0. The third-order valence-electron chi connectivity index (χ3n) is 17.3. The van der Waals surface area contributed by atoms with Crippen molar-refractivity contribution in [2.24, 2.45) is 0 Å². The molecule has 4 N–H and O–H groups in total. The maximum Gasteiger partial charge on any atom is 0.472 e. The Kier molecular flexibility index (Phi) is 70.9. The van der Waals surface area contributed by atoms with Gasteiger partial charge in [0.2, 0.25) is 0 Å². The quantitative estimate of drug-likeness (QED) is 0.0146. The van der Waals surface area contributed by atoms with Crippen LogP contribution >= 0.6 is 15.6 Å². The Labute approximate surface area is 592 Å². The first-order valence-electron chi connectivity index (χ1n) is 39.6. The van der Waals surface area contributed by atoms with E-state index >= 15 is 0 Å². The minimum Gasteiger partial charge on any atom is -0.463 e. The van der Waals surface area contributed by atoms with Gasteiger partial charge in [0.05, 0.1) is 26.4 Å². The Hall–Kier alpha value is -2.75. The second-order valence-electron chi connectivity index (χ2n) is 26.9. The number of carbonyl (C=O) groups excluding carboxylic acids is 3. The minimum atomic E-state index is -4.91. The van der Waals surface area contributed by atoms with Gasteiger partial charge in [0.25, 0.3) is 0 Å². The molecule has 0 radical (unpaired) electrons. The largest absolute Gasteiger partial charge is 0.472 e. The van der Waals surface area contributed by atoms with Crippen LogP contribution in [0.5, 0.6) is 0 Å². The fourth-order valence-electron chi connectivity index (χ4n) is 11.2. The lowest BCUT2D eigenvalue weighted by Gasteiger charge is -2.21. The molecule has 0 aliphatic rings. The molecule has 0 spiro atoms. The molecule has 0 saturated heterocycles. The van der Waals surface area contributed by atoms with Crippen molar-refractivity contribution < 1.29 is 75.8 Å². The Bertz CT molecular complexity index is 2010. The highest BCUT2D eigenvalue weighted by Crippen LogP contribution is 2.45. The van der Waals surface area contributed by atoms with E-state index < -0.39 is 91.5 Å². The number of hydrogen-bond donors (Lipinski definition) is 4. The van der Waals surface area contributed by atoms with Crippen molar-refractivity contribution in [1.82, 2.24) is 0 Å². The van der Waals surface area contributed by atoms with Crippen LogP contribution in [0.1, 0.15) is 367 Å².